The molecule has 3 aliphatic carbocycles. The highest BCUT2D eigenvalue weighted by atomic mass is 28.4. The molecule has 5 fully saturated rings. The maximum atomic E-state index is 15.7. The van der Waals surface area contributed by atoms with Crippen molar-refractivity contribution < 1.29 is 35.8 Å². The van der Waals surface area contributed by atoms with Crippen LogP contribution < -0.4 is 0 Å². The molecule has 8 nitrogen and oxygen atoms in total. The number of aliphatic hydroxyl groups is 1. The van der Waals surface area contributed by atoms with Gasteiger partial charge in [-0.2, -0.15) is 0 Å². The van der Waals surface area contributed by atoms with E-state index in [9.17, 15) is 12.6 Å². The van der Waals surface area contributed by atoms with E-state index < -0.39 is 56.9 Å². The van der Waals surface area contributed by atoms with Crippen LogP contribution in [0.4, 0.5) is 4.79 Å². The first-order chi connectivity index (χ1) is 25.9. The second-order valence-corrected chi connectivity index (χ2v) is 33.9. The van der Waals surface area contributed by atoms with Gasteiger partial charge in [0.25, 0.3) is 0 Å². The van der Waals surface area contributed by atoms with E-state index in [0.717, 1.165) is 19.3 Å². The van der Waals surface area contributed by atoms with Gasteiger partial charge < -0.3 is 23.4 Å². The number of nitrogens with zero attached hydrogens (tertiary/aromatic N) is 1. The number of aliphatic hydroxyl groups excluding tert-OH is 1. The van der Waals surface area contributed by atoms with Crippen LogP contribution in [0.1, 0.15) is 157 Å². The van der Waals surface area contributed by atoms with Crippen LogP contribution in [0.25, 0.3) is 0 Å². The topological polar surface area (TPSA) is 94.5 Å². The summed E-state index contributed by atoms with van der Waals surface area (Å²) in [6.07, 6.45) is 3.86. The molecule has 2 bridgehead atoms. The molecule has 56 heavy (non-hydrogen) atoms. The molecule has 10 heteroatoms. The molecule has 0 unspecified atom stereocenters. The summed E-state index contributed by atoms with van der Waals surface area (Å²) in [4.78, 5) is 31.4. The van der Waals surface area contributed by atoms with Crippen LogP contribution >= 0.6 is 0 Å². The average Bonchev–Trinajstić information content (AvgIpc) is 3.27. The van der Waals surface area contributed by atoms with Crippen molar-refractivity contribution in [3.63, 3.8) is 0 Å². The highest BCUT2D eigenvalue weighted by molar-refractivity contribution is 6.74. The third-order valence-corrected chi connectivity index (χ3v) is 25.7. The van der Waals surface area contributed by atoms with E-state index in [1.165, 1.54) is 0 Å². The van der Waals surface area contributed by atoms with Crippen LogP contribution in [-0.2, 0) is 23.1 Å². The number of ether oxygens (including phenoxy) is 2. The first-order valence-corrected chi connectivity index (χ1v) is 28.0. The number of hydrogen-bond acceptors (Lipinski definition) is 7. The Bertz CT molecular complexity index is 1550. The minimum Gasteiger partial charge on any atom is -0.444 e. The van der Waals surface area contributed by atoms with E-state index in [1.807, 2.05) is 25.7 Å². The Hall–Kier alpha value is -0.786. The first kappa shape index (κ1) is 43.3. The smallest absolute Gasteiger partial charge is 0.412 e. The van der Waals surface area contributed by atoms with Crippen molar-refractivity contribution >= 4 is 28.5 Å². The van der Waals surface area contributed by atoms with E-state index in [4.69, 9.17) is 18.3 Å². The van der Waals surface area contributed by atoms with E-state index in [-0.39, 0.29) is 58.3 Å². The lowest BCUT2D eigenvalue weighted by Gasteiger charge is -2.69. The van der Waals surface area contributed by atoms with Crippen molar-refractivity contribution in [2.45, 2.75) is 221 Å². The number of amides is 1. The van der Waals surface area contributed by atoms with Crippen LogP contribution in [0, 0.1) is 45.8 Å². The number of carbonyl (C=O) groups excluding carboxylic acids is 2. The van der Waals surface area contributed by atoms with Crippen molar-refractivity contribution in [2.24, 2.45) is 45.8 Å². The molecule has 1 amide bonds. The minimum absolute atomic E-state index is 0.00249. The summed E-state index contributed by atoms with van der Waals surface area (Å²) in [6.45, 7) is 37.1. The highest BCUT2D eigenvalue weighted by Crippen LogP contribution is 2.71. The molecule has 1 N–H and O–H groups in total. The Kier molecular flexibility index (Phi) is 11.6. The Morgan fingerprint density at radius 3 is 2.07 bits per heavy atom. The largest absolute Gasteiger partial charge is 0.444 e. The summed E-state index contributed by atoms with van der Waals surface area (Å²) in [7, 11) is -5.02. The molecular formula is C46H85NO7Si2. The zero-order chi connectivity index (χ0) is 44.3. The fourth-order valence-corrected chi connectivity index (χ4v) is 13.7. The van der Waals surface area contributed by atoms with Gasteiger partial charge in [0.2, 0.25) is 0 Å². The molecule has 2 heterocycles. The standard InChI is InChI=1S/C46H85NO7Si2/c1-30-24-34-33(35(48)25-30)26-36(54-56(17,18)42(9,10)11)38-43(34,12)28-37(49)44(13,45(38,14)21-22-51-55(15,16)41(6,7)8)19-20-46-27-31(2)23-32(52-46)29-47(46)39(50)53-40(3,4)5/h30-36,38,48H,19-29H2,1-18H3/t30-,31+,32-,33+,34-,35-,36+,38+,43+,44-,45+,46+/m1/s1/i22D2. The summed E-state index contributed by atoms with van der Waals surface area (Å²) in [5.74, 6) is 0.664. The van der Waals surface area contributed by atoms with Gasteiger partial charge in [0.05, 0.1) is 21.5 Å². The Morgan fingerprint density at radius 2 is 1.50 bits per heavy atom. The van der Waals surface area contributed by atoms with E-state index in [2.05, 4.69) is 102 Å². The summed E-state index contributed by atoms with van der Waals surface area (Å²) in [5.41, 5.74) is -4.09. The molecular weight excluding hydrogens is 735 g/mol. The van der Waals surface area contributed by atoms with Gasteiger partial charge >= 0.3 is 6.09 Å². The van der Waals surface area contributed by atoms with E-state index in [1.54, 1.807) is 0 Å². The molecule has 0 aromatic heterocycles. The Labute approximate surface area is 347 Å². The zero-order valence-corrected chi connectivity index (χ0v) is 41.0. The van der Waals surface area contributed by atoms with Gasteiger partial charge in [-0.05, 0) is 149 Å². The SMILES string of the molecule is [2H]C([2H])(C[C@@]1(C)[C@H]2[C@@H](O[Si](C)(C)C(C)(C)C)C[C@@H]3[C@H](O)C[C@H](C)C[C@H]3[C@]2(C)CC(=O)[C@@]1(C)CC[C@]12C[C@@H](C)C[C@H](CN1C(=O)OC(C)(C)C)O2)O[Si](C)(C)C(C)(C)C. The summed E-state index contributed by atoms with van der Waals surface area (Å²) in [5, 5.41) is 11.5. The molecule has 0 spiro atoms. The molecule has 0 aromatic rings. The fraction of sp³-hybridized carbons (Fsp3) is 0.957. The first-order valence-electron chi connectivity index (χ1n) is 23.2. The maximum absolute atomic E-state index is 15.7. The lowest BCUT2D eigenvalue weighted by Crippen LogP contribution is -2.69. The Morgan fingerprint density at radius 1 is 0.893 bits per heavy atom. The van der Waals surface area contributed by atoms with Crippen molar-refractivity contribution in [2.75, 3.05) is 13.1 Å². The van der Waals surface area contributed by atoms with Gasteiger partial charge in [0.15, 0.2) is 16.6 Å². The van der Waals surface area contributed by atoms with Crippen molar-refractivity contribution in [3.05, 3.63) is 0 Å². The normalized spacial score (nSPS) is 41.8. The van der Waals surface area contributed by atoms with Gasteiger partial charge in [-0.1, -0.05) is 76.2 Å². The molecule has 5 rings (SSSR count). The number of likely N-dealkylation sites (tertiary alicyclic amines) is 1. The number of fused-ring (bicyclic) bond motifs is 5. The Balaban J connectivity index is 1.69. The highest BCUT2D eigenvalue weighted by Gasteiger charge is 2.70. The number of rotatable bonds is 9. The predicted molar refractivity (Wildman–Crippen MR) is 231 cm³/mol. The second-order valence-electron chi connectivity index (χ2n) is 24.4. The molecule has 12 atom stereocenters. The van der Waals surface area contributed by atoms with Gasteiger partial charge in [-0.15, -0.1) is 0 Å². The lowest BCUT2D eigenvalue weighted by molar-refractivity contribution is -0.228. The quantitative estimate of drug-likeness (QED) is 0.231. The third-order valence-electron chi connectivity index (χ3n) is 16.9. The van der Waals surface area contributed by atoms with Crippen LogP contribution in [-0.4, -0.2) is 81.3 Å². The van der Waals surface area contributed by atoms with Gasteiger partial charge in [-0.3, -0.25) is 9.69 Å². The molecule has 0 radical (unpaired) electrons. The number of Topliss-reactive ketones (excluding diaryl/α,β-unsaturated/α-hetero) is 1. The predicted octanol–water partition coefficient (Wildman–Crippen LogP) is 11.4. The number of carbonyl (C=O) groups is 2. The molecule has 2 saturated heterocycles. The molecule has 5 aliphatic rings. The van der Waals surface area contributed by atoms with Gasteiger partial charge in [-0.25, -0.2) is 4.79 Å². The summed E-state index contributed by atoms with van der Waals surface area (Å²) >= 11 is 0. The van der Waals surface area contributed by atoms with Gasteiger partial charge in [0.1, 0.15) is 17.1 Å². The van der Waals surface area contributed by atoms with Crippen molar-refractivity contribution in [3.8, 4) is 0 Å². The zero-order valence-electron chi connectivity index (χ0n) is 41.0. The second kappa shape index (κ2) is 15.0. The van der Waals surface area contributed by atoms with Crippen molar-refractivity contribution in [1.82, 2.24) is 4.90 Å². The van der Waals surface area contributed by atoms with E-state index >= 15 is 4.79 Å². The van der Waals surface area contributed by atoms with Crippen LogP contribution in [0.5, 0.6) is 0 Å². The van der Waals surface area contributed by atoms with Crippen LogP contribution in [0.2, 0.25) is 36.3 Å². The van der Waals surface area contributed by atoms with Crippen LogP contribution in [0.15, 0.2) is 0 Å². The van der Waals surface area contributed by atoms with E-state index in [0.29, 0.717) is 50.5 Å². The maximum Gasteiger partial charge on any atom is 0.412 e. The fourth-order valence-electron chi connectivity index (χ4n) is 11.6. The molecule has 0 aromatic carbocycles. The molecule has 3 saturated carbocycles. The average molecular weight is 822 g/mol. The number of hydrogen-bond donors (Lipinski definition) is 1. The minimum atomic E-state index is -2.61. The number of ketones is 1. The summed E-state index contributed by atoms with van der Waals surface area (Å²) in [6, 6.07) is 0. The van der Waals surface area contributed by atoms with Crippen molar-refractivity contribution in [1.29, 1.82) is 0 Å². The summed E-state index contributed by atoms with van der Waals surface area (Å²) < 4.78 is 46.9. The monoisotopic (exact) mass is 822 g/mol. The van der Waals surface area contributed by atoms with Crippen LogP contribution in [0.3, 0.4) is 0 Å². The lowest BCUT2D eigenvalue weighted by atomic mass is 9.36. The molecule has 324 valence electrons. The third kappa shape index (κ3) is 8.30. The van der Waals surface area contributed by atoms with Gasteiger partial charge in [0, 0.05) is 24.5 Å². The molecule has 2 aliphatic heterocycles.